The molecule has 100 valence electrons. The minimum absolute atomic E-state index is 0.175. The molecular formula is C14H28N2O. The highest BCUT2D eigenvalue weighted by atomic mass is 16.1. The van der Waals surface area contributed by atoms with Crippen molar-refractivity contribution in [2.45, 2.75) is 58.9 Å². The van der Waals surface area contributed by atoms with E-state index in [1.807, 2.05) is 0 Å². The minimum Gasteiger partial charge on any atom is -0.354 e. The second-order valence-electron chi connectivity index (χ2n) is 6.08. The summed E-state index contributed by atoms with van der Waals surface area (Å²) in [5.74, 6) is 1.99. The van der Waals surface area contributed by atoms with Gasteiger partial charge >= 0.3 is 0 Å². The number of hydrogen-bond donors (Lipinski definition) is 2. The molecule has 0 bridgehead atoms. The lowest BCUT2D eigenvalue weighted by Crippen LogP contribution is -2.35. The highest BCUT2D eigenvalue weighted by Gasteiger charge is 2.24. The van der Waals surface area contributed by atoms with Crippen LogP contribution in [0.4, 0.5) is 0 Å². The maximum Gasteiger partial charge on any atom is 0.220 e. The molecule has 0 aliphatic heterocycles. The highest BCUT2D eigenvalue weighted by molar-refractivity contribution is 5.76. The number of nitrogens with one attached hydrogen (secondary N) is 1. The Labute approximate surface area is 106 Å². The van der Waals surface area contributed by atoms with E-state index in [0.717, 1.165) is 18.8 Å². The molecule has 3 heteroatoms. The molecule has 0 aromatic heterocycles. The smallest absolute Gasteiger partial charge is 0.220 e. The standard InChI is InChI=1S/C14H28N2O/c1-10(2)6-13(9-15)8-14(17)16-11(3)7-12-4-5-12/h10-13H,4-9,15H2,1-3H3,(H,16,17). The number of hydrogen-bond acceptors (Lipinski definition) is 2. The Kier molecular flexibility index (Phi) is 5.96. The molecule has 1 rings (SSSR count). The molecule has 2 unspecified atom stereocenters. The fraction of sp³-hybridized carbons (Fsp3) is 0.929. The zero-order valence-electron chi connectivity index (χ0n) is 11.5. The average Bonchev–Trinajstić information content (AvgIpc) is 2.99. The molecular weight excluding hydrogens is 212 g/mol. The Morgan fingerprint density at radius 2 is 2.00 bits per heavy atom. The molecule has 1 fully saturated rings. The summed E-state index contributed by atoms with van der Waals surface area (Å²) < 4.78 is 0. The Morgan fingerprint density at radius 3 is 2.47 bits per heavy atom. The predicted molar refractivity (Wildman–Crippen MR) is 71.6 cm³/mol. The molecule has 0 heterocycles. The van der Waals surface area contributed by atoms with E-state index in [-0.39, 0.29) is 5.91 Å². The summed E-state index contributed by atoms with van der Waals surface area (Å²) in [5.41, 5.74) is 5.71. The first-order valence-electron chi connectivity index (χ1n) is 7.00. The lowest BCUT2D eigenvalue weighted by molar-refractivity contribution is -0.122. The lowest BCUT2D eigenvalue weighted by atomic mass is 9.94. The molecule has 0 spiro atoms. The molecule has 17 heavy (non-hydrogen) atoms. The first-order valence-corrected chi connectivity index (χ1v) is 7.00. The summed E-state index contributed by atoms with van der Waals surface area (Å²) >= 11 is 0. The van der Waals surface area contributed by atoms with E-state index in [0.29, 0.717) is 30.8 Å². The van der Waals surface area contributed by atoms with E-state index >= 15 is 0 Å². The topological polar surface area (TPSA) is 55.1 Å². The highest BCUT2D eigenvalue weighted by Crippen LogP contribution is 2.33. The monoisotopic (exact) mass is 240 g/mol. The quantitative estimate of drug-likeness (QED) is 0.684. The maximum atomic E-state index is 11.8. The number of carbonyl (C=O) groups excluding carboxylic acids is 1. The third-order valence-corrected chi connectivity index (χ3v) is 3.40. The second-order valence-corrected chi connectivity index (χ2v) is 6.08. The molecule has 1 aliphatic rings. The van der Waals surface area contributed by atoms with Crippen molar-refractivity contribution in [1.29, 1.82) is 0 Å². The van der Waals surface area contributed by atoms with Gasteiger partial charge in [0, 0.05) is 12.5 Å². The van der Waals surface area contributed by atoms with Gasteiger partial charge in [-0.05, 0) is 44.1 Å². The van der Waals surface area contributed by atoms with Crippen LogP contribution in [0.5, 0.6) is 0 Å². The van der Waals surface area contributed by atoms with Gasteiger partial charge < -0.3 is 11.1 Å². The Morgan fingerprint density at radius 1 is 1.35 bits per heavy atom. The van der Waals surface area contributed by atoms with Crippen molar-refractivity contribution >= 4 is 5.91 Å². The number of rotatable bonds is 8. The van der Waals surface area contributed by atoms with Crippen LogP contribution in [-0.4, -0.2) is 18.5 Å². The predicted octanol–water partition coefficient (Wildman–Crippen LogP) is 2.30. The zero-order valence-corrected chi connectivity index (χ0v) is 11.5. The van der Waals surface area contributed by atoms with Gasteiger partial charge in [0.15, 0.2) is 0 Å². The van der Waals surface area contributed by atoms with Crippen molar-refractivity contribution in [3.8, 4) is 0 Å². The van der Waals surface area contributed by atoms with Gasteiger partial charge in [-0.3, -0.25) is 4.79 Å². The van der Waals surface area contributed by atoms with Gasteiger partial charge in [0.2, 0.25) is 5.91 Å². The van der Waals surface area contributed by atoms with Gasteiger partial charge in [0.1, 0.15) is 0 Å². The van der Waals surface area contributed by atoms with E-state index in [1.54, 1.807) is 0 Å². The second kappa shape index (κ2) is 7.00. The molecule has 3 nitrogen and oxygen atoms in total. The molecule has 0 saturated heterocycles. The van der Waals surface area contributed by atoms with Crippen LogP contribution in [0.15, 0.2) is 0 Å². The maximum absolute atomic E-state index is 11.8. The van der Waals surface area contributed by atoms with E-state index < -0.39 is 0 Å². The van der Waals surface area contributed by atoms with Crippen LogP contribution in [0.25, 0.3) is 0 Å². The van der Waals surface area contributed by atoms with Crippen LogP contribution >= 0.6 is 0 Å². The minimum atomic E-state index is 0.175. The number of amides is 1. The van der Waals surface area contributed by atoms with Gasteiger partial charge in [0.25, 0.3) is 0 Å². The van der Waals surface area contributed by atoms with Crippen LogP contribution in [0.1, 0.15) is 52.9 Å². The first-order chi connectivity index (χ1) is 8.01. The Hall–Kier alpha value is -0.570. The molecule has 0 radical (unpaired) electrons. The molecule has 1 amide bonds. The normalized spacial score (nSPS) is 19.1. The summed E-state index contributed by atoms with van der Waals surface area (Å²) in [6.07, 6.45) is 5.46. The van der Waals surface area contributed by atoms with Gasteiger partial charge in [-0.1, -0.05) is 26.7 Å². The number of carbonyl (C=O) groups is 1. The summed E-state index contributed by atoms with van der Waals surface area (Å²) in [6, 6.07) is 0.326. The van der Waals surface area contributed by atoms with E-state index in [9.17, 15) is 4.79 Å². The summed E-state index contributed by atoms with van der Waals surface area (Å²) in [7, 11) is 0. The zero-order chi connectivity index (χ0) is 12.8. The molecule has 2 atom stereocenters. The fourth-order valence-corrected chi connectivity index (χ4v) is 2.44. The van der Waals surface area contributed by atoms with Crippen molar-refractivity contribution in [2.24, 2.45) is 23.5 Å². The van der Waals surface area contributed by atoms with Gasteiger partial charge in [0.05, 0.1) is 0 Å². The van der Waals surface area contributed by atoms with Crippen LogP contribution in [0.2, 0.25) is 0 Å². The molecule has 0 aromatic rings. The Balaban J connectivity index is 2.20. The van der Waals surface area contributed by atoms with Gasteiger partial charge in [-0.2, -0.15) is 0 Å². The van der Waals surface area contributed by atoms with Crippen molar-refractivity contribution in [3.05, 3.63) is 0 Å². The molecule has 3 N–H and O–H groups in total. The van der Waals surface area contributed by atoms with Crippen molar-refractivity contribution in [1.82, 2.24) is 5.32 Å². The average molecular weight is 240 g/mol. The SMILES string of the molecule is CC(C)CC(CN)CC(=O)NC(C)CC1CC1. The van der Waals surface area contributed by atoms with E-state index in [4.69, 9.17) is 5.73 Å². The van der Waals surface area contributed by atoms with Crippen LogP contribution in [-0.2, 0) is 4.79 Å². The van der Waals surface area contributed by atoms with Crippen LogP contribution in [0, 0.1) is 17.8 Å². The van der Waals surface area contributed by atoms with Crippen molar-refractivity contribution in [3.63, 3.8) is 0 Å². The number of nitrogens with two attached hydrogens (primary N) is 1. The van der Waals surface area contributed by atoms with E-state index in [2.05, 4.69) is 26.1 Å². The Bertz CT molecular complexity index is 236. The van der Waals surface area contributed by atoms with Crippen LogP contribution < -0.4 is 11.1 Å². The summed E-state index contributed by atoms with van der Waals surface area (Å²) in [4.78, 5) is 11.8. The summed E-state index contributed by atoms with van der Waals surface area (Å²) in [5, 5.41) is 3.09. The third-order valence-electron chi connectivity index (χ3n) is 3.40. The summed E-state index contributed by atoms with van der Waals surface area (Å²) in [6.45, 7) is 7.07. The van der Waals surface area contributed by atoms with Crippen LogP contribution in [0.3, 0.4) is 0 Å². The molecule has 0 aromatic carbocycles. The van der Waals surface area contributed by atoms with Crippen molar-refractivity contribution < 1.29 is 4.79 Å². The van der Waals surface area contributed by atoms with Gasteiger partial charge in [-0.25, -0.2) is 0 Å². The fourth-order valence-electron chi connectivity index (χ4n) is 2.44. The van der Waals surface area contributed by atoms with Gasteiger partial charge in [-0.15, -0.1) is 0 Å². The largest absolute Gasteiger partial charge is 0.354 e. The van der Waals surface area contributed by atoms with E-state index in [1.165, 1.54) is 12.8 Å². The first kappa shape index (κ1) is 14.5. The van der Waals surface area contributed by atoms with Crippen molar-refractivity contribution in [2.75, 3.05) is 6.54 Å². The molecule has 1 saturated carbocycles. The molecule has 1 aliphatic carbocycles. The third kappa shape index (κ3) is 6.67. The lowest BCUT2D eigenvalue weighted by Gasteiger charge is -2.19.